The SMILES string of the molecule is Cl.O=C1c2ccc(C3CCNCC3)cc2CN1N1C(=O)CCCC1=O. The van der Waals surface area contributed by atoms with E-state index in [0.29, 0.717) is 37.3 Å². The third-order valence-electron chi connectivity index (χ3n) is 5.22. The van der Waals surface area contributed by atoms with Crippen molar-refractivity contribution >= 4 is 30.1 Å². The van der Waals surface area contributed by atoms with Gasteiger partial charge in [-0.05, 0) is 55.5 Å². The van der Waals surface area contributed by atoms with Crippen LogP contribution in [0.3, 0.4) is 0 Å². The van der Waals surface area contributed by atoms with Crippen molar-refractivity contribution in [2.24, 2.45) is 0 Å². The highest BCUT2D eigenvalue weighted by molar-refractivity contribution is 6.04. The molecule has 134 valence electrons. The zero-order chi connectivity index (χ0) is 16.7. The molecule has 3 heterocycles. The summed E-state index contributed by atoms with van der Waals surface area (Å²) in [6, 6.07) is 5.96. The second-order valence-corrected chi connectivity index (χ2v) is 6.76. The Kier molecular flexibility index (Phi) is 5.11. The number of carbonyl (C=O) groups excluding carboxylic acids is 3. The van der Waals surface area contributed by atoms with Gasteiger partial charge in [0.05, 0.1) is 6.54 Å². The van der Waals surface area contributed by atoms with Gasteiger partial charge in [-0.2, -0.15) is 5.01 Å². The topological polar surface area (TPSA) is 69.7 Å². The Bertz CT molecular complexity index is 700. The first kappa shape index (κ1) is 17.9. The van der Waals surface area contributed by atoms with Crippen LogP contribution in [-0.4, -0.2) is 40.8 Å². The van der Waals surface area contributed by atoms with E-state index in [9.17, 15) is 14.4 Å². The summed E-state index contributed by atoms with van der Waals surface area (Å²) >= 11 is 0. The number of carbonyl (C=O) groups is 3. The molecule has 1 aromatic rings. The number of hydrogen-bond acceptors (Lipinski definition) is 4. The molecule has 0 atom stereocenters. The molecule has 2 saturated heterocycles. The largest absolute Gasteiger partial charge is 0.317 e. The second-order valence-electron chi connectivity index (χ2n) is 6.76. The average Bonchev–Trinajstić information content (AvgIpc) is 2.92. The number of rotatable bonds is 2. The van der Waals surface area contributed by atoms with Crippen LogP contribution in [0.2, 0.25) is 0 Å². The van der Waals surface area contributed by atoms with Gasteiger partial charge in [-0.3, -0.25) is 14.4 Å². The lowest BCUT2D eigenvalue weighted by Gasteiger charge is -2.32. The Morgan fingerprint density at radius 1 is 1.00 bits per heavy atom. The third-order valence-corrected chi connectivity index (χ3v) is 5.22. The maximum absolute atomic E-state index is 12.6. The van der Waals surface area contributed by atoms with E-state index in [4.69, 9.17) is 0 Å². The van der Waals surface area contributed by atoms with Crippen LogP contribution in [-0.2, 0) is 16.1 Å². The molecule has 0 aromatic heterocycles. The normalized spacial score (nSPS) is 21.4. The number of nitrogens with zero attached hydrogens (tertiary/aromatic N) is 2. The molecule has 25 heavy (non-hydrogen) atoms. The molecule has 0 radical (unpaired) electrons. The van der Waals surface area contributed by atoms with E-state index in [1.165, 1.54) is 10.6 Å². The fourth-order valence-electron chi connectivity index (χ4n) is 3.91. The fourth-order valence-corrected chi connectivity index (χ4v) is 3.91. The molecule has 0 saturated carbocycles. The van der Waals surface area contributed by atoms with E-state index in [-0.39, 0.29) is 30.1 Å². The van der Waals surface area contributed by atoms with Crippen LogP contribution in [0.25, 0.3) is 0 Å². The number of halogens is 1. The number of hydrazine groups is 1. The lowest BCUT2D eigenvalue weighted by molar-refractivity contribution is -0.163. The van der Waals surface area contributed by atoms with E-state index in [1.807, 2.05) is 12.1 Å². The van der Waals surface area contributed by atoms with Gasteiger partial charge in [-0.25, -0.2) is 5.01 Å². The van der Waals surface area contributed by atoms with E-state index in [0.717, 1.165) is 36.5 Å². The molecule has 7 heteroatoms. The van der Waals surface area contributed by atoms with Gasteiger partial charge < -0.3 is 5.32 Å². The first-order valence-electron chi connectivity index (χ1n) is 8.66. The number of benzene rings is 1. The van der Waals surface area contributed by atoms with Gasteiger partial charge in [-0.1, -0.05) is 12.1 Å². The summed E-state index contributed by atoms with van der Waals surface area (Å²) in [5.41, 5.74) is 2.78. The fraction of sp³-hybridized carbons (Fsp3) is 0.500. The van der Waals surface area contributed by atoms with Gasteiger partial charge in [0.25, 0.3) is 5.91 Å². The van der Waals surface area contributed by atoms with Gasteiger partial charge in [0.2, 0.25) is 11.8 Å². The highest BCUT2D eigenvalue weighted by atomic mass is 35.5. The zero-order valence-corrected chi connectivity index (χ0v) is 14.8. The average molecular weight is 364 g/mol. The smallest absolute Gasteiger partial charge is 0.273 e. The number of imide groups is 1. The van der Waals surface area contributed by atoms with E-state index in [2.05, 4.69) is 11.4 Å². The minimum Gasteiger partial charge on any atom is -0.317 e. The van der Waals surface area contributed by atoms with E-state index >= 15 is 0 Å². The molecule has 0 spiro atoms. The molecule has 2 fully saturated rings. The van der Waals surface area contributed by atoms with E-state index in [1.54, 1.807) is 0 Å². The quantitative estimate of drug-likeness (QED) is 0.816. The van der Waals surface area contributed by atoms with Crippen LogP contribution < -0.4 is 5.32 Å². The predicted molar refractivity (Wildman–Crippen MR) is 94.1 cm³/mol. The van der Waals surface area contributed by atoms with Crippen molar-refractivity contribution in [3.8, 4) is 0 Å². The Hall–Kier alpha value is -1.92. The maximum atomic E-state index is 12.6. The molecule has 1 aromatic carbocycles. The van der Waals surface area contributed by atoms with Gasteiger partial charge in [-0.15, -0.1) is 12.4 Å². The van der Waals surface area contributed by atoms with Crippen molar-refractivity contribution in [1.29, 1.82) is 0 Å². The summed E-state index contributed by atoms with van der Waals surface area (Å²) in [5, 5.41) is 5.75. The lowest BCUT2D eigenvalue weighted by Crippen LogP contribution is -2.51. The Morgan fingerprint density at radius 3 is 2.36 bits per heavy atom. The number of fused-ring (bicyclic) bond motifs is 1. The summed E-state index contributed by atoms with van der Waals surface area (Å²) in [7, 11) is 0. The van der Waals surface area contributed by atoms with Crippen molar-refractivity contribution in [2.45, 2.75) is 44.6 Å². The standard InChI is InChI=1S/C18H21N3O3.ClH/c22-16-2-1-3-17(23)21(16)20-11-14-10-13(4-5-15(14)18(20)24)12-6-8-19-9-7-12;/h4-5,10,12,19H,1-3,6-9,11H2;1H. The van der Waals surface area contributed by atoms with Gasteiger partial charge in [0, 0.05) is 18.4 Å². The van der Waals surface area contributed by atoms with Gasteiger partial charge in [0.15, 0.2) is 0 Å². The Balaban J connectivity index is 0.00000182. The minimum absolute atomic E-state index is 0. The molecule has 0 aliphatic carbocycles. The molecular formula is C18H22ClN3O3. The molecule has 3 aliphatic rings. The molecule has 3 aliphatic heterocycles. The van der Waals surface area contributed by atoms with Crippen LogP contribution in [0.5, 0.6) is 0 Å². The van der Waals surface area contributed by atoms with Gasteiger partial charge in [0.1, 0.15) is 0 Å². The number of nitrogens with one attached hydrogen (secondary N) is 1. The summed E-state index contributed by atoms with van der Waals surface area (Å²) in [6.07, 6.45) is 3.42. The highest BCUT2D eigenvalue weighted by Crippen LogP contribution is 2.32. The van der Waals surface area contributed by atoms with Gasteiger partial charge >= 0.3 is 0 Å². The van der Waals surface area contributed by atoms with Crippen LogP contribution in [0.15, 0.2) is 18.2 Å². The summed E-state index contributed by atoms with van der Waals surface area (Å²) in [5.74, 6) is -0.276. The predicted octanol–water partition coefficient (Wildman–Crippen LogP) is 1.99. The van der Waals surface area contributed by atoms with E-state index < -0.39 is 0 Å². The van der Waals surface area contributed by atoms with Crippen molar-refractivity contribution in [3.05, 3.63) is 34.9 Å². The van der Waals surface area contributed by atoms with Crippen molar-refractivity contribution in [3.63, 3.8) is 0 Å². The second kappa shape index (κ2) is 7.14. The lowest BCUT2D eigenvalue weighted by atomic mass is 9.88. The van der Waals surface area contributed by atoms with Crippen molar-refractivity contribution < 1.29 is 14.4 Å². The first-order chi connectivity index (χ1) is 11.6. The first-order valence-corrected chi connectivity index (χ1v) is 8.66. The summed E-state index contributed by atoms with van der Waals surface area (Å²) < 4.78 is 0. The van der Waals surface area contributed by atoms with Crippen molar-refractivity contribution in [2.75, 3.05) is 13.1 Å². The summed E-state index contributed by atoms with van der Waals surface area (Å²) in [6.45, 7) is 2.34. The number of piperidine rings is 2. The van der Waals surface area contributed by atoms with Crippen LogP contribution in [0, 0.1) is 0 Å². The monoisotopic (exact) mass is 363 g/mol. The number of hydrogen-bond donors (Lipinski definition) is 1. The molecule has 0 bridgehead atoms. The zero-order valence-electron chi connectivity index (χ0n) is 14.0. The number of amides is 3. The third kappa shape index (κ3) is 3.16. The molecule has 1 N–H and O–H groups in total. The molecule has 4 rings (SSSR count). The Labute approximate surface area is 152 Å². The minimum atomic E-state index is -0.272. The van der Waals surface area contributed by atoms with Crippen molar-refractivity contribution in [1.82, 2.24) is 15.3 Å². The molecule has 3 amide bonds. The molecular weight excluding hydrogens is 342 g/mol. The highest BCUT2D eigenvalue weighted by Gasteiger charge is 2.39. The maximum Gasteiger partial charge on any atom is 0.273 e. The Morgan fingerprint density at radius 2 is 1.68 bits per heavy atom. The summed E-state index contributed by atoms with van der Waals surface area (Å²) in [4.78, 5) is 36.9. The van der Waals surface area contributed by atoms with Crippen LogP contribution in [0.1, 0.15) is 59.5 Å². The van der Waals surface area contributed by atoms with Crippen LogP contribution >= 0.6 is 12.4 Å². The van der Waals surface area contributed by atoms with Crippen LogP contribution in [0.4, 0.5) is 0 Å². The molecule has 0 unspecified atom stereocenters. The molecule has 6 nitrogen and oxygen atoms in total.